The van der Waals surface area contributed by atoms with E-state index in [-0.39, 0.29) is 11.9 Å². The van der Waals surface area contributed by atoms with E-state index in [0.717, 1.165) is 43.4 Å². The van der Waals surface area contributed by atoms with Crippen molar-refractivity contribution in [3.8, 4) is 0 Å². The fourth-order valence-corrected chi connectivity index (χ4v) is 3.31. The number of carbonyl (C=O) groups is 1. The van der Waals surface area contributed by atoms with Gasteiger partial charge in [-0.05, 0) is 38.3 Å². The van der Waals surface area contributed by atoms with Crippen LogP contribution in [0, 0.1) is 6.92 Å². The third-order valence-electron chi connectivity index (χ3n) is 4.60. The predicted octanol–water partition coefficient (Wildman–Crippen LogP) is 2.42. The fourth-order valence-electron chi connectivity index (χ4n) is 3.31. The van der Waals surface area contributed by atoms with Crippen LogP contribution in [0.25, 0.3) is 11.1 Å². The van der Waals surface area contributed by atoms with Crippen molar-refractivity contribution < 1.29 is 9.32 Å². The monoisotopic (exact) mass is 325 g/mol. The Morgan fingerprint density at radius 1 is 1.42 bits per heavy atom. The van der Waals surface area contributed by atoms with E-state index in [1.807, 2.05) is 34.8 Å². The summed E-state index contributed by atoms with van der Waals surface area (Å²) >= 11 is 0. The summed E-state index contributed by atoms with van der Waals surface area (Å²) in [4.78, 5) is 19.2. The number of likely N-dealkylation sites (tertiary alicyclic amines) is 1. The van der Waals surface area contributed by atoms with Gasteiger partial charge in [-0.2, -0.15) is 5.10 Å². The highest BCUT2D eigenvalue weighted by Gasteiger charge is 2.28. The molecule has 7 heteroatoms. The van der Waals surface area contributed by atoms with Crippen molar-refractivity contribution in [1.29, 1.82) is 0 Å². The molecule has 1 amide bonds. The van der Waals surface area contributed by atoms with Gasteiger partial charge in [0, 0.05) is 25.1 Å². The van der Waals surface area contributed by atoms with E-state index in [1.165, 1.54) is 0 Å². The molecule has 0 aliphatic carbocycles. The second-order valence-corrected chi connectivity index (χ2v) is 6.22. The number of amides is 1. The van der Waals surface area contributed by atoms with E-state index in [0.29, 0.717) is 11.3 Å². The van der Waals surface area contributed by atoms with Crippen LogP contribution in [0.1, 0.15) is 35.3 Å². The van der Waals surface area contributed by atoms with Crippen LogP contribution in [0.4, 0.5) is 0 Å². The quantitative estimate of drug-likeness (QED) is 0.739. The molecule has 3 aromatic heterocycles. The maximum absolute atomic E-state index is 13.0. The van der Waals surface area contributed by atoms with Crippen molar-refractivity contribution >= 4 is 17.0 Å². The molecule has 1 aliphatic rings. The number of hydrogen-bond donors (Lipinski definition) is 0. The summed E-state index contributed by atoms with van der Waals surface area (Å²) < 4.78 is 7.01. The van der Waals surface area contributed by atoms with Crippen molar-refractivity contribution in [2.75, 3.05) is 6.54 Å². The third-order valence-corrected chi connectivity index (χ3v) is 4.60. The highest BCUT2D eigenvalue weighted by Crippen LogP contribution is 2.23. The van der Waals surface area contributed by atoms with Crippen LogP contribution < -0.4 is 0 Å². The van der Waals surface area contributed by atoms with E-state index in [1.54, 1.807) is 12.4 Å². The fraction of sp³-hybridized carbons (Fsp3) is 0.412. The van der Waals surface area contributed by atoms with Gasteiger partial charge in [0.05, 0.1) is 29.2 Å². The predicted molar refractivity (Wildman–Crippen MR) is 87.4 cm³/mol. The molecule has 4 rings (SSSR count). The summed E-state index contributed by atoms with van der Waals surface area (Å²) in [5.74, 6) is 0.0156. The first-order valence-electron chi connectivity index (χ1n) is 8.23. The molecule has 3 aromatic rings. The molecule has 1 fully saturated rings. The molecule has 0 aromatic carbocycles. The number of aryl methyl sites for hydroxylation is 1. The number of aromatic nitrogens is 4. The number of pyridine rings is 1. The minimum absolute atomic E-state index is 0.0156. The second kappa shape index (κ2) is 6.07. The molecule has 0 unspecified atom stereocenters. The van der Waals surface area contributed by atoms with Gasteiger partial charge < -0.3 is 9.42 Å². The van der Waals surface area contributed by atoms with Gasteiger partial charge in [-0.25, -0.2) is 4.98 Å². The standard InChI is InChI=1S/C17H19N5O2/c1-12-15-9-13(10-18-16(15)24-20-12)17(23)22-8-3-2-5-14(22)11-21-7-4-6-19-21/h4,6-7,9-10,14H,2-3,5,8,11H2,1H3/t14-/m0/s1. The SMILES string of the molecule is Cc1noc2ncc(C(=O)N3CCCC[C@H]3Cn3cccn3)cc12. The normalized spacial score (nSPS) is 18.2. The molecule has 0 radical (unpaired) electrons. The number of nitrogens with zero attached hydrogens (tertiary/aromatic N) is 5. The molecule has 24 heavy (non-hydrogen) atoms. The molecular formula is C17H19N5O2. The van der Waals surface area contributed by atoms with E-state index >= 15 is 0 Å². The number of carbonyl (C=O) groups excluding carboxylic acids is 1. The van der Waals surface area contributed by atoms with E-state index in [9.17, 15) is 4.79 Å². The minimum Gasteiger partial charge on any atom is -0.336 e. The van der Waals surface area contributed by atoms with Crippen LogP contribution in [0.2, 0.25) is 0 Å². The summed E-state index contributed by atoms with van der Waals surface area (Å²) in [7, 11) is 0. The first kappa shape index (κ1) is 14.9. The molecule has 1 aliphatic heterocycles. The Bertz CT molecular complexity index is 855. The minimum atomic E-state index is 0.0156. The lowest BCUT2D eigenvalue weighted by molar-refractivity contribution is 0.0583. The van der Waals surface area contributed by atoms with Crippen LogP contribution in [0.15, 0.2) is 35.2 Å². The topological polar surface area (TPSA) is 77.0 Å². The second-order valence-electron chi connectivity index (χ2n) is 6.22. The molecule has 4 heterocycles. The number of hydrogen-bond acceptors (Lipinski definition) is 5. The van der Waals surface area contributed by atoms with Gasteiger partial charge in [0.1, 0.15) is 0 Å². The molecule has 0 N–H and O–H groups in total. The number of fused-ring (bicyclic) bond motifs is 1. The molecule has 0 spiro atoms. The van der Waals surface area contributed by atoms with Crippen molar-refractivity contribution in [2.24, 2.45) is 0 Å². The van der Waals surface area contributed by atoms with Crippen LogP contribution in [-0.4, -0.2) is 43.3 Å². The van der Waals surface area contributed by atoms with E-state index < -0.39 is 0 Å². The smallest absolute Gasteiger partial charge is 0.257 e. The lowest BCUT2D eigenvalue weighted by Gasteiger charge is -2.35. The summed E-state index contributed by atoms with van der Waals surface area (Å²) in [6.07, 6.45) is 8.44. The van der Waals surface area contributed by atoms with Gasteiger partial charge in [0.25, 0.3) is 11.6 Å². The molecule has 7 nitrogen and oxygen atoms in total. The summed E-state index contributed by atoms with van der Waals surface area (Å²) in [5, 5.41) is 8.96. The van der Waals surface area contributed by atoms with Gasteiger partial charge in [0.15, 0.2) is 0 Å². The molecular weight excluding hydrogens is 306 g/mol. The zero-order valence-corrected chi connectivity index (χ0v) is 13.6. The lowest BCUT2D eigenvalue weighted by Crippen LogP contribution is -2.46. The van der Waals surface area contributed by atoms with Gasteiger partial charge in [0.2, 0.25) is 0 Å². The number of piperidine rings is 1. The Morgan fingerprint density at radius 3 is 3.17 bits per heavy atom. The van der Waals surface area contributed by atoms with Crippen LogP contribution in [0.3, 0.4) is 0 Å². The molecule has 1 saturated heterocycles. The molecule has 0 saturated carbocycles. The highest BCUT2D eigenvalue weighted by molar-refractivity contribution is 5.97. The van der Waals surface area contributed by atoms with Crippen LogP contribution >= 0.6 is 0 Å². The molecule has 0 bridgehead atoms. The first-order chi connectivity index (χ1) is 11.7. The molecule has 124 valence electrons. The van der Waals surface area contributed by atoms with Gasteiger partial charge in [-0.1, -0.05) is 5.16 Å². The van der Waals surface area contributed by atoms with Crippen LogP contribution in [-0.2, 0) is 6.54 Å². The van der Waals surface area contributed by atoms with Gasteiger partial charge >= 0.3 is 0 Å². The number of rotatable bonds is 3. The highest BCUT2D eigenvalue weighted by atomic mass is 16.5. The van der Waals surface area contributed by atoms with Gasteiger partial charge in [-0.15, -0.1) is 0 Å². The summed E-state index contributed by atoms with van der Waals surface area (Å²) in [6, 6.07) is 3.89. The Balaban J connectivity index is 1.61. The van der Waals surface area contributed by atoms with Crippen molar-refractivity contribution in [3.05, 3.63) is 42.0 Å². The summed E-state index contributed by atoms with van der Waals surface area (Å²) in [6.45, 7) is 3.34. The zero-order chi connectivity index (χ0) is 16.5. The first-order valence-corrected chi connectivity index (χ1v) is 8.23. The largest absolute Gasteiger partial charge is 0.336 e. The summed E-state index contributed by atoms with van der Waals surface area (Å²) in [5.41, 5.74) is 1.80. The van der Waals surface area contributed by atoms with Gasteiger partial charge in [-0.3, -0.25) is 9.48 Å². The van der Waals surface area contributed by atoms with Crippen molar-refractivity contribution in [3.63, 3.8) is 0 Å². The molecule has 1 atom stereocenters. The Morgan fingerprint density at radius 2 is 2.33 bits per heavy atom. The Labute approximate surface area is 139 Å². The Kier molecular flexibility index (Phi) is 3.76. The third kappa shape index (κ3) is 2.66. The van der Waals surface area contributed by atoms with Crippen LogP contribution in [0.5, 0.6) is 0 Å². The maximum atomic E-state index is 13.0. The van der Waals surface area contributed by atoms with Crippen molar-refractivity contribution in [1.82, 2.24) is 24.8 Å². The average Bonchev–Trinajstić information content (AvgIpc) is 3.25. The zero-order valence-electron chi connectivity index (χ0n) is 13.6. The van der Waals surface area contributed by atoms with E-state index in [2.05, 4.69) is 15.2 Å². The Hall–Kier alpha value is -2.70. The lowest BCUT2D eigenvalue weighted by atomic mass is 10.0. The maximum Gasteiger partial charge on any atom is 0.257 e. The van der Waals surface area contributed by atoms with E-state index in [4.69, 9.17) is 4.52 Å². The van der Waals surface area contributed by atoms with Crippen molar-refractivity contribution in [2.45, 2.75) is 38.8 Å². The average molecular weight is 325 g/mol.